The van der Waals surface area contributed by atoms with E-state index in [1.165, 1.54) is 0 Å². The molecule has 0 N–H and O–H groups in total. The van der Waals surface area contributed by atoms with Gasteiger partial charge < -0.3 is 14.5 Å². The molecule has 1 amide bonds. The van der Waals surface area contributed by atoms with Gasteiger partial charge in [0.15, 0.2) is 11.6 Å². The van der Waals surface area contributed by atoms with Crippen LogP contribution in [-0.2, 0) is 22.7 Å². The summed E-state index contributed by atoms with van der Waals surface area (Å²) in [5, 5.41) is 4.74. The zero-order valence-electron chi connectivity index (χ0n) is 19.6. The topological polar surface area (TPSA) is 89.3 Å². The highest BCUT2D eigenvalue weighted by Gasteiger charge is 2.24. The van der Waals surface area contributed by atoms with Gasteiger partial charge in [-0.25, -0.2) is 19.6 Å². The fourth-order valence-electron chi connectivity index (χ4n) is 4.18. The van der Waals surface area contributed by atoms with E-state index in [0.29, 0.717) is 50.4 Å². The standard InChI is InChI=1S/C26H27N7O2/c1-35-19-20-7-5-10-22(17-20)24-29-25(21-8-3-2-4-9-21)33(30-24)18-23(34)31-13-15-32(16-14-31)26-27-11-6-12-28-26/h2-12,17H,13-16,18-19H2,1H3. The van der Waals surface area contributed by atoms with Gasteiger partial charge in [-0.3, -0.25) is 4.79 Å². The summed E-state index contributed by atoms with van der Waals surface area (Å²) in [6.45, 7) is 3.23. The highest BCUT2D eigenvalue weighted by atomic mass is 16.5. The zero-order chi connectivity index (χ0) is 24.0. The molecule has 0 unspecified atom stereocenters. The Morgan fingerprint density at radius 3 is 2.40 bits per heavy atom. The number of hydrogen-bond donors (Lipinski definition) is 0. The molecule has 0 radical (unpaired) electrons. The summed E-state index contributed by atoms with van der Waals surface area (Å²) in [5.41, 5.74) is 2.84. The molecule has 178 valence electrons. The molecule has 2 aromatic carbocycles. The average Bonchev–Trinajstić information content (AvgIpc) is 3.34. The predicted molar refractivity (Wildman–Crippen MR) is 132 cm³/mol. The molecule has 1 aliphatic rings. The lowest BCUT2D eigenvalue weighted by molar-refractivity contribution is -0.132. The lowest BCUT2D eigenvalue weighted by Crippen LogP contribution is -2.50. The number of ether oxygens (including phenoxy) is 1. The molecule has 9 nitrogen and oxygen atoms in total. The number of anilines is 1. The number of carbonyl (C=O) groups is 1. The first-order chi connectivity index (χ1) is 17.2. The minimum atomic E-state index is 0.0143. The molecule has 5 rings (SSSR count). The minimum absolute atomic E-state index is 0.0143. The Balaban J connectivity index is 1.36. The highest BCUT2D eigenvalue weighted by molar-refractivity contribution is 5.77. The van der Waals surface area contributed by atoms with Crippen LogP contribution in [0.5, 0.6) is 0 Å². The van der Waals surface area contributed by atoms with E-state index >= 15 is 0 Å². The van der Waals surface area contributed by atoms with Crippen molar-refractivity contribution in [1.29, 1.82) is 0 Å². The first-order valence-corrected chi connectivity index (χ1v) is 11.6. The van der Waals surface area contributed by atoms with Crippen LogP contribution in [0, 0.1) is 0 Å². The van der Waals surface area contributed by atoms with Crippen molar-refractivity contribution >= 4 is 11.9 Å². The zero-order valence-corrected chi connectivity index (χ0v) is 19.6. The number of aromatic nitrogens is 5. The number of nitrogens with zero attached hydrogens (tertiary/aromatic N) is 7. The lowest BCUT2D eigenvalue weighted by atomic mass is 10.1. The number of benzene rings is 2. The van der Waals surface area contributed by atoms with Crippen LogP contribution < -0.4 is 4.90 Å². The van der Waals surface area contributed by atoms with E-state index in [1.54, 1.807) is 30.3 Å². The van der Waals surface area contributed by atoms with Gasteiger partial charge in [0.1, 0.15) is 6.54 Å². The third-order valence-corrected chi connectivity index (χ3v) is 5.95. The molecule has 3 heterocycles. The normalized spacial score (nSPS) is 13.7. The van der Waals surface area contributed by atoms with Crippen LogP contribution in [0.1, 0.15) is 5.56 Å². The molecule has 1 fully saturated rings. The van der Waals surface area contributed by atoms with E-state index in [9.17, 15) is 4.79 Å². The number of amides is 1. The molecule has 0 spiro atoms. The van der Waals surface area contributed by atoms with Gasteiger partial charge in [-0.15, -0.1) is 5.10 Å². The van der Waals surface area contributed by atoms with Crippen LogP contribution in [0.3, 0.4) is 0 Å². The second-order valence-corrected chi connectivity index (χ2v) is 8.33. The van der Waals surface area contributed by atoms with Crippen molar-refractivity contribution in [2.24, 2.45) is 0 Å². The van der Waals surface area contributed by atoms with Crippen LogP contribution in [0.25, 0.3) is 22.8 Å². The Morgan fingerprint density at radius 1 is 0.914 bits per heavy atom. The number of hydrogen-bond acceptors (Lipinski definition) is 7. The van der Waals surface area contributed by atoms with E-state index in [2.05, 4.69) is 14.9 Å². The minimum Gasteiger partial charge on any atom is -0.380 e. The van der Waals surface area contributed by atoms with Crippen molar-refractivity contribution in [3.05, 3.63) is 78.6 Å². The molecule has 0 atom stereocenters. The van der Waals surface area contributed by atoms with Gasteiger partial charge in [-0.1, -0.05) is 48.5 Å². The largest absolute Gasteiger partial charge is 0.380 e. The Labute approximate surface area is 204 Å². The molecule has 1 saturated heterocycles. The van der Waals surface area contributed by atoms with E-state index in [1.807, 2.05) is 59.5 Å². The van der Waals surface area contributed by atoms with Gasteiger partial charge >= 0.3 is 0 Å². The summed E-state index contributed by atoms with van der Waals surface area (Å²) in [4.78, 5) is 30.7. The second kappa shape index (κ2) is 10.4. The maximum Gasteiger partial charge on any atom is 0.244 e. The fraction of sp³-hybridized carbons (Fsp3) is 0.269. The summed E-state index contributed by atoms with van der Waals surface area (Å²) in [7, 11) is 1.67. The maximum absolute atomic E-state index is 13.3. The van der Waals surface area contributed by atoms with E-state index in [0.717, 1.165) is 16.7 Å². The lowest BCUT2D eigenvalue weighted by Gasteiger charge is -2.34. The average molecular weight is 470 g/mol. The van der Waals surface area contributed by atoms with E-state index < -0.39 is 0 Å². The third-order valence-electron chi connectivity index (χ3n) is 5.95. The monoisotopic (exact) mass is 469 g/mol. The van der Waals surface area contributed by atoms with Crippen LogP contribution in [0.2, 0.25) is 0 Å². The Kier molecular flexibility index (Phi) is 6.76. The Bertz CT molecular complexity index is 1270. The van der Waals surface area contributed by atoms with Crippen molar-refractivity contribution in [1.82, 2.24) is 29.6 Å². The summed E-state index contributed by atoms with van der Waals surface area (Å²) in [6.07, 6.45) is 3.47. The van der Waals surface area contributed by atoms with Crippen LogP contribution in [0.15, 0.2) is 73.1 Å². The Hall–Kier alpha value is -4.11. The quantitative estimate of drug-likeness (QED) is 0.411. The summed E-state index contributed by atoms with van der Waals surface area (Å²) in [5.74, 6) is 1.96. The summed E-state index contributed by atoms with van der Waals surface area (Å²) < 4.78 is 6.98. The number of carbonyl (C=O) groups excluding carboxylic acids is 1. The molecular formula is C26H27N7O2. The Morgan fingerprint density at radius 2 is 1.66 bits per heavy atom. The summed E-state index contributed by atoms with van der Waals surface area (Å²) in [6, 6.07) is 19.6. The van der Waals surface area contributed by atoms with Crippen molar-refractivity contribution < 1.29 is 9.53 Å². The van der Waals surface area contributed by atoms with Crippen LogP contribution >= 0.6 is 0 Å². The van der Waals surface area contributed by atoms with Gasteiger partial charge in [0.25, 0.3) is 0 Å². The van der Waals surface area contributed by atoms with Crippen LogP contribution in [-0.4, -0.2) is 68.8 Å². The van der Waals surface area contributed by atoms with Gasteiger partial charge in [0.2, 0.25) is 11.9 Å². The molecule has 0 bridgehead atoms. The maximum atomic E-state index is 13.3. The molecular weight excluding hydrogens is 442 g/mol. The third kappa shape index (κ3) is 5.20. The number of rotatable bonds is 7. The van der Waals surface area contributed by atoms with E-state index in [4.69, 9.17) is 14.8 Å². The molecule has 0 saturated carbocycles. The van der Waals surface area contributed by atoms with Crippen molar-refractivity contribution in [2.75, 3.05) is 38.2 Å². The SMILES string of the molecule is COCc1cccc(-c2nc(-c3ccccc3)n(CC(=O)N3CCN(c4ncccn4)CC3)n2)c1. The summed E-state index contributed by atoms with van der Waals surface area (Å²) >= 11 is 0. The van der Waals surface area contributed by atoms with E-state index in [-0.39, 0.29) is 12.5 Å². The molecule has 35 heavy (non-hydrogen) atoms. The van der Waals surface area contributed by atoms with Gasteiger partial charge in [0, 0.05) is 56.8 Å². The van der Waals surface area contributed by atoms with Crippen molar-refractivity contribution in [2.45, 2.75) is 13.2 Å². The van der Waals surface area contributed by atoms with Gasteiger partial charge in [0.05, 0.1) is 6.61 Å². The molecule has 1 aliphatic heterocycles. The van der Waals surface area contributed by atoms with Gasteiger partial charge in [-0.2, -0.15) is 0 Å². The molecule has 2 aromatic heterocycles. The fourth-order valence-corrected chi connectivity index (χ4v) is 4.18. The van der Waals surface area contributed by atoms with Gasteiger partial charge in [-0.05, 0) is 17.7 Å². The van der Waals surface area contributed by atoms with Crippen molar-refractivity contribution in [3.8, 4) is 22.8 Å². The second-order valence-electron chi connectivity index (χ2n) is 8.33. The highest BCUT2D eigenvalue weighted by Crippen LogP contribution is 2.24. The molecule has 4 aromatic rings. The number of methoxy groups -OCH3 is 1. The number of piperazine rings is 1. The van der Waals surface area contributed by atoms with Crippen LogP contribution in [0.4, 0.5) is 5.95 Å². The first kappa shape index (κ1) is 22.7. The predicted octanol–water partition coefficient (Wildman–Crippen LogP) is 2.90. The molecule has 0 aliphatic carbocycles. The smallest absolute Gasteiger partial charge is 0.244 e. The van der Waals surface area contributed by atoms with Crippen molar-refractivity contribution in [3.63, 3.8) is 0 Å². The molecule has 9 heteroatoms. The first-order valence-electron chi connectivity index (χ1n) is 11.6.